The lowest BCUT2D eigenvalue weighted by Crippen LogP contribution is -2.41. The number of carbonyl (C=O) groups is 1. The minimum Gasteiger partial charge on any atom is -0.370 e. The third-order valence-corrected chi connectivity index (χ3v) is 12.3. The lowest BCUT2D eigenvalue weighted by molar-refractivity contribution is -0.890. The van der Waals surface area contributed by atoms with E-state index in [1.807, 2.05) is 0 Å². The van der Waals surface area contributed by atoms with Crippen LogP contribution in [0.15, 0.2) is 0 Å². The molecule has 0 aromatic rings. The Morgan fingerprint density at radius 1 is 0.490 bits per heavy atom. The molecular formula is C42H89N3O2S2+2. The quantitative estimate of drug-likeness (QED) is 0.0295. The molecule has 0 atom stereocenters. The van der Waals surface area contributed by atoms with Gasteiger partial charge in [0.2, 0.25) is 5.91 Å². The SMILES string of the molecule is CCCCCCCCCCCCCC[N+](C)(C)CCCOCSSCCNC(=O)CCC[N+](C)(C)CCCCCCCCCCCCCC. The lowest BCUT2D eigenvalue weighted by Gasteiger charge is -2.30. The molecule has 7 heteroatoms. The van der Waals surface area contributed by atoms with E-state index < -0.39 is 0 Å². The van der Waals surface area contributed by atoms with Gasteiger partial charge < -0.3 is 19.0 Å². The number of nitrogens with zero attached hydrogens (tertiary/aromatic N) is 2. The highest BCUT2D eigenvalue weighted by Gasteiger charge is 2.15. The molecular weight excluding hydrogens is 643 g/mol. The first-order valence-corrected chi connectivity index (χ1v) is 23.9. The summed E-state index contributed by atoms with van der Waals surface area (Å²) in [4.78, 5) is 12.3. The third kappa shape index (κ3) is 39.1. The normalized spacial score (nSPS) is 12.2. The summed E-state index contributed by atoms with van der Waals surface area (Å²) in [6, 6.07) is 0. The third-order valence-electron chi connectivity index (χ3n) is 10.2. The molecule has 1 N–H and O–H groups in total. The van der Waals surface area contributed by atoms with E-state index in [1.165, 1.54) is 174 Å². The first kappa shape index (κ1) is 49.0. The van der Waals surface area contributed by atoms with Crippen molar-refractivity contribution >= 4 is 27.5 Å². The summed E-state index contributed by atoms with van der Waals surface area (Å²) in [6.07, 6.45) is 36.6. The first-order valence-electron chi connectivity index (χ1n) is 21.5. The van der Waals surface area contributed by atoms with Crippen molar-refractivity contribution in [1.82, 2.24) is 5.32 Å². The van der Waals surface area contributed by atoms with Crippen LogP contribution in [-0.4, -0.2) is 94.1 Å². The molecule has 0 bridgehead atoms. The van der Waals surface area contributed by atoms with Crippen molar-refractivity contribution < 1.29 is 18.5 Å². The predicted molar refractivity (Wildman–Crippen MR) is 224 cm³/mol. The summed E-state index contributed by atoms with van der Waals surface area (Å²) in [6.45, 7) is 11.0. The predicted octanol–water partition coefficient (Wildman–Crippen LogP) is 12.2. The molecule has 0 aliphatic rings. The van der Waals surface area contributed by atoms with Gasteiger partial charge in [-0.3, -0.25) is 4.79 Å². The van der Waals surface area contributed by atoms with Gasteiger partial charge in [0.15, 0.2) is 0 Å². The monoisotopic (exact) mass is 732 g/mol. The van der Waals surface area contributed by atoms with Crippen molar-refractivity contribution in [2.75, 3.05) is 79.2 Å². The summed E-state index contributed by atoms with van der Waals surface area (Å²) < 4.78 is 8.02. The highest BCUT2D eigenvalue weighted by molar-refractivity contribution is 8.76. The van der Waals surface area contributed by atoms with E-state index >= 15 is 0 Å². The van der Waals surface area contributed by atoms with Crippen LogP contribution in [0.5, 0.6) is 0 Å². The fraction of sp³-hybridized carbons (Fsp3) is 0.976. The van der Waals surface area contributed by atoms with Gasteiger partial charge in [0.05, 0.1) is 61.0 Å². The van der Waals surface area contributed by atoms with E-state index in [2.05, 4.69) is 47.4 Å². The number of amides is 1. The van der Waals surface area contributed by atoms with Gasteiger partial charge in [-0.25, -0.2) is 0 Å². The Bertz CT molecular complexity index is 693. The second-order valence-electron chi connectivity index (χ2n) is 16.3. The van der Waals surface area contributed by atoms with Crippen LogP contribution in [0.3, 0.4) is 0 Å². The van der Waals surface area contributed by atoms with Crippen LogP contribution < -0.4 is 5.32 Å². The molecule has 0 saturated heterocycles. The van der Waals surface area contributed by atoms with Crippen molar-refractivity contribution in [1.29, 1.82) is 0 Å². The minimum atomic E-state index is 0.205. The molecule has 0 spiro atoms. The largest absolute Gasteiger partial charge is 0.370 e. The Morgan fingerprint density at radius 3 is 1.29 bits per heavy atom. The number of hydrogen-bond acceptors (Lipinski definition) is 4. The number of carbonyl (C=O) groups excluding carboxylic acids is 1. The van der Waals surface area contributed by atoms with Crippen LogP contribution >= 0.6 is 21.6 Å². The standard InChI is InChI=1S/C42H88N3O2S2/c1-7-9-11-13-15-17-19-21-23-25-27-29-35-44(3,4)37-31-33-42(46)43-34-40-48-49-41-47-39-32-38-45(5,6)36-30-28-26-24-22-20-18-16-14-12-10-8-2/h7-41H2,1-6H3/q+1/p+1. The number of ether oxygens (including phenoxy) is 1. The molecule has 0 aliphatic heterocycles. The Kier molecular flexibility index (Phi) is 36.4. The van der Waals surface area contributed by atoms with Crippen LogP contribution in [0.2, 0.25) is 0 Å². The molecule has 0 aromatic heterocycles. The van der Waals surface area contributed by atoms with E-state index in [0.29, 0.717) is 6.42 Å². The van der Waals surface area contributed by atoms with Gasteiger partial charge in [0, 0.05) is 31.6 Å². The van der Waals surface area contributed by atoms with Crippen LogP contribution in [0.4, 0.5) is 0 Å². The van der Waals surface area contributed by atoms with Gasteiger partial charge in [0.25, 0.3) is 0 Å². The molecule has 0 saturated carbocycles. The number of unbranched alkanes of at least 4 members (excludes halogenated alkanes) is 22. The van der Waals surface area contributed by atoms with Gasteiger partial charge in [-0.1, -0.05) is 164 Å². The molecule has 0 aromatic carbocycles. The summed E-state index contributed by atoms with van der Waals surface area (Å²) in [5.74, 6) is 1.87. The smallest absolute Gasteiger partial charge is 0.220 e. The van der Waals surface area contributed by atoms with Crippen molar-refractivity contribution in [3.63, 3.8) is 0 Å². The average molecular weight is 732 g/mol. The zero-order chi connectivity index (χ0) is 36.2. The maximum atomic E-state index is 12.3. The summed E-state index contributed by atoms with van der Waals surface area (Å²) in [5, 5.41) is 3.11. The lowest BCUT2D eigenvalue weighted by atomic mass is 10.1. The Hall–Kier alpha value is 0.0500. The topological polar surface area (TPSA) is 38.3 Å². The number of rotatable bonds is 40. The molecule has 0 heterocycles. The second-order valence-corrected chi connectivity index (χ2v) is 18.8. The maximum absolute atomic E-state index is 12.3. The van der Waals surface area contributed by atoms with Crippen molar-refractivity contribution in [3.8, 4) is 0 Å². The fourth-order valence-electron chi connectivity index (χ4n) is 6.75. The Balaban J connectivity index is 3.50. The van der Waals surface area contributed by atoms with Crippen LogP contribution in [-0.2, 0) is 9.53 Å². The van der Waals surface area contributed by atoms with E-state index in [9.17, 15) is 4.79 Å². The molecule has 0 rings (SSSR count). The molecule has 0 aliphatic carbocycles. The van der Waals surface area contributed by atoms with Gasteiger partial charge in [0.1, 0.15) is 5.94 Å². The maximum Gasteiger partial charge on any atom is 0.220 e. The van der Waals surface area contributed by atoms with Gasteiger partial charge in [-0.15, -0.1) is 0 Å². The Labute approximate surface area is 316 Å². The Morgan fingerprint density at radius 2 is 0.857 bits per heavy atom. The van der Waals surface area contributed by atoms with Crippen molar-refractivity contribution in [3.05, 3.63) is 0 Å². The van der Waals surface area contributed by atoms with Gasteiger partial charge in [-0.05, 0) is 25.7 Å². The van der Waals surface area contributed by atoms with Gasteiger partial charge in [-0.2, -0.15) is 0 Å². The molecule has 5 nitrogen and oxygen atoms in total. The zero-order valence-electron chi connectivity index (χ0n) is 34.3. The van der Waals surface area contributed by atoms with Crippen LogP contribution in [0.1, 0.15) is 187 Å². The summed E-state index contributed by atoms with van der Waals surface area (Å²) in [5.41, 5.74) is 0. The number of quaternary nitrogens is 2. The molecule has 294 valence electrons. The van der Waals surface area contributed by atoms with Gasteiger partial charge >= 0.3 is 0 Å². The molecule has 0 unspecified atom stereocenters. The summed E-state index contributed by atoms with van der Waals surface area (Å²) >= 11 is 0. The highest BCUT2D eigenvalue weighted by Crippen LogP contribution is 2.20. The summed E-state index contributed by atoms with van der Waals surface area (Å²) in [7, 11) is 13.0. The van der Waals surface area contributed by atoms with E-state index in [4.69, 9.17) is 4.74 Å². The van der Waals surface area contributed by atoms with E-state index in [-0.39, 0.29) is 5.91 Å². The highest BCUT2D eigenvalue weighted by atomic mass is 33.1. The van der Waals surface area contributed by atoms with E-state index in [0.717, 1.165) is 53.2 Å². The minimum absolute atomic E-state index is 0.205. The van der Waals surface area contributed by atoms with Crippen LogP contribution in [0, 0.1) is 0 Å². The average Bonchev–Trinajstić information content (AvgIpc) is 3.06. The zero-order valence-corrected chi connectivity index (χ0v) is 35.9. The number of hydrogen-bond donors (Lipinski definition) is 1. The fourth-order valence-corrected chi connectivity index (χ4v) is 8.32. The van der Waals surface area contributed by atoms with Crippen molar-refractivity contribution in [2.24, 2.45) is 0 Å². The first-order chi connectivity index (χ1) is 23.7. The molecule has 49 heavy (non-hydrogen) atoms. The van der Waals surface area contributed by atoms with Crippen LogP contribution in [0.25, 0.3) is 0 Å². The van der Waals surface area contributed by atoms with Crippen molar-refractivity contribution in [2.45, 2.75) is 187 Å². The molecule has 1 amide bonds. The second kappa shape index (κ2) is 36.4. The molecule has 0 fully saturated rings. The van der Waals surface area contributed by atoms with E-state index in [1.54, 1.807) is 21.6 Å². The number of nitrogens with one attached hydrogen (secondary N) is 1. The molecule has 0 radical (unpaired) electrons.